The predicted octanol–water partition coefficient (Wildman–Crippen LogP) is 3.27. The van der Waals surface area contributed by atoms with Crippen molar-refractivity contribution in [1.29, 1.82) is 0 Å². The molecule has 2 rings (SSSR count). The standard InChI is InChI=1S/C15H20N4O2/c1-4-15(16,5-2)14-17-10(3)13(18-14)11-7-6-8-12(9-11)19(20)21/h6-9H,4-5,16H2,1-3H3,(H,17,18). The summed E-state index contributed by atoms with van der Waals surface area (Å²) in [6.07, 6.45) is 1.54. The molecule has 0 saturated carbocycles. The Labute approximate surface area is 123 Å². The van der Waals surface area contributed by atoms with E-state index in [2.05, 4.69) is 9.97 Å². The summed E-state index contributed by atoms with van der Waals surface area (Å²) in [6.45, 7) is 5.94. The van der Waals surface area contributed by atoms with E-state index in [1.54, 1.807) is 6.07 Å². The fourth-order valence-electron chi connectivity index (χ4n) is 2.33. The maximum Gasteiger partial charge on any atom is 0.270 e. The largest absolute Gasteiger partial charge is 0.344 e. The van der Waals surface area contributed by atoms with Crippen molar-refractivity contribution in [2.45, 2.75) is 39.2 Å². The zero-order chi connectivity index (χ0) is 15.6. The van der Waals surface area contributed by atoms with Gasteiger partial charge < -0.3 is 10.7 Å². The quantitative estimate of drug-likeness (QED) is 0.651. The van der Waals surface area contributed by atoms with Gasteiger partial charge in [-0.15, -0.1) is 0 Å². The molecule has 0 saturated heterocycles. The lowest BCUT2D eigenvalue weighted by atomic mass is 9.93. The fraction of sp³-hybridized carbons (Fsp3) is 0.400. The molecular formula is C15H20N4O2. The van der Waals surface area contributed by atoms with E-state index < -0.39 is 10.5 Å². The van der Waals surface area contributed by atoms with Crippen LogP contribution in [0, 0.1) is 17.0 Å². The molecule has 0 spiro atoms. The van der Waals surface area contributed by atoms with Crippen LogP contribution in [0.15, 0.2) is 24.3 Å². The number of nitro groups is 1. The highest BCUT2D eigenvalue weighted by atomic mass is 16.6. The maximum absolute atomic E-state index is 10.9. The van der Waals surface area contributed by atoms with Crippen LogP contribution in [0.1, 0.15) is 38.2 Å². The Morgan fingerprint density at radius 3 is 2.62 bits per heavy atom. The van der Waals surface area contributed by atoms with Crippen molar-refractivity contribution in [2.24, 2.45) is 5.73 Å². The molecule has 6 heteroatoms. The Hall–Kier alpha value is -2.21. The molecule has 0 atom stereocenters. The van der Waals surface area contributed by atoms with Crippen LogP contribution in [0.3, 0.4) is 0 Å². The van der Waals surface area contributed by atoms with Crippen LogP contribution < -0.4 is 5.73 Å². The molecule has 0 radical (unpaired) electrons. The molecule has 2 aromatic rings. The molecule has 0 amide bonds. The van der Waals surface area contributed by atoms with Gasteiger partial charge in [0.25, 0.3) is 5.69 Å². The van der Waals surface area contributed by atoms with Gasteiger partial charge in [0.15, 0.2) is 0 Å². The molecule has 112 valence electrons. The molecule has 0 aliphatic carbocycles. The third kappa shape index (κ3) is 2.80. The van der Waals surface area contributed by atoms with E-state index in [0.717, 1.165) is 29.9 Å². The number of H-pyrrole nitrogens is 1. The molecule has 1 heterocycles. The second kappa shape index (κ2) is 5.65. The third-order valence-electron chi connectivity index (χ3n) is 3.95. The van der Waals surface area contributed by atoms with E-state index >= 15 is 0 Å². The third-order valence-corrected chi connectivity index (χ3v) is 3.95. The number of aromatic amines is 1. The number of rotatable bonds is 5. The van der Waals surface area contributed by atoms with Gasteiger partial charge in [0.2, 0.25) is 0 Å². The Kier molecular flexibility index (Phi) is 4.09. The van der Waals surface area contributed by atoms with Crippen molar-refractivity contribution in [2.75, 3.05) is 0 Å². The van der Waals surface area contributed by atoms with Crippen LogP contribution in [-0.4, -0.2) is 14.9 Å². The second-order valence-electron chi connectivity index (χ2n) is 5.23. The summed E-state index contributed by atoms with van der Waals surface area (Å²) in [6, 6.07) is 6.48. The smallest absolute Gasteiger partial charge is 0.270 e. The van der Waals surface area contributed by atoms with Crippen molar-refractivity contribution in [1.82, 2.24) is 9.97 Å². The first-order chi connectivity index (χ1) is 9.91. The minimum absolute atomic E-state index is 0.0569. The Bertz CT molecular complexity index is 659. The highest BCUT2D eigenvalue weighted by Crippen LogP contribution is 2.29. The van der Waals surface area contributed by atoms with Crippen molar-refractivity contribution in [3.05, 3.63) is 45.9 Å². The van der Waals surface area contributed by atoms with Gasteiger partial charge in [-0.25, -0.2) is 4.98 Å². The monoisotopic (exact) mass is 288 g/mol. The molecule has 0 unspecified atom stereocenters. The highest BCUT2D eigenvalue weighted by Gasteiger charge is 2.27. The first kappa shape index (κ1) is 15.2. The van der Waals surface area contributed by atoms with Gasteiger partial charge >= 0.3 is 0 Å². The summed E-state index contributed by atoms with van der Waals surface area (Å²) in [5.41, 5.74) is 8.21. The first-order valence-electron chi connectivity index (χ1n) is 7.02. The summed E-state index contributed by atoms with van der Waals surface area (Å²) < 4.78 is 0. The lowest BCUT2D eigenvalue weighted by Crippen LogP contribution is -2.36. The molecule has 21 heavy (non-hydrogen) atoms. The van der Waals surface area contributed by atoms with E-state index in [0.29, 0.717) is 5.69 Å². The zero-order valence-corrected chi connectivity index (χ0v) is 12.5. The summed E-state index contributed by atoms with van der Waals surface area (Å²) >= 11 is 0. The zero-order valence-electron chi connectivity index (χ0n) is 12.5. The number of hydrogen-bond acceptors (Lipinski definition) is 4. The van der Waals surface area contributed by atoms with Gasteiger partial charge in [0.1, 0.15) is 5.82 Å². The number of nitro benzene ring substituents is 1. The van der Waals surface area contributed by atoms with E-state index in [1.807, 2.05) is 26.8 Å². The molecule has 1 aromatic carbocycles. The molecule has 6 nitrogen and oxygen atoms in total. The number of hydrogen-bond donors (Lipinski definition) is 2. The molecular weight excluding hydrogens is 268 g/mol. The van der Waals surface area contributed by atoms with Crippen molar-refractivity contribution in [3.8, 4) is 11.3 Å². The summed E-state index contributed by atoms with van der Waals surface area (Å²) in [5, 5.41) is 10.9. The molecule has 0 fully saturated rings. The van der Waals surface area contributed by atoms with Gasteiger partial charge in [0.05, 0.1) is 16.2 Å². The Morgan fingerprint density at radius 1 is 1.38 bits per heavy atom. The van der Waals surface area contributed by atoms with Gasteiger partial charge in [-0.05, 0) is 19.8 Å². The predicted molar refractivity (Wildman–Crippen MR) is 81.9 cm³/mol. The summed E-state index contributed by atoms with van der Waals surface area (Å²) in [4.78, 5) is 18.3. The highest BCUT2D eigenvalue weighted by molar-refractivity contribution is 5.65. The van der Waals surface area contributed by atoms with Crippen LogP contribution in [0.4, 0.5) is 5.69 Å². The van der Waals surface area contributed by atoms with Crippen LogP contribution in [0.5, 0.6) is 0 Å². The summed E-state index contributed by atoms with van der Waals surface area (Å²) in [7, 11) is 0. The molecule has 0 aliphatic rings. The molecule has 1 aromatic heterocycles. The Balaban J connectivity index is 2.49. The van der Waals surface area contributed by atoms with Crippen LogP contribution in [0.25, 0.3) is 11.3 Å². The van der Waals surface area contributed by atoms with Crippen molar-refractivity contribution in [3.63, 3.8) is 0 Å². The molecule has 0 aliphatic heterocycles. The van der Waals surface area contributed by atoms with E-state index in [4.69, 9.17) is 5.73 Å². The molecule has 3 N–H and O–H groups in total. The number of nitrogens with zero attached hydrogens (tertiary/aromatic N) is 2. The number of aryl methyl sites for hydroxylation is 1. The average molecular weight is 288 g/mol. The minimum Gasteiger partial charge on any atom is -0.344 e. The van der Waals surface area contributed by atoms with Gasteiger partial charge in [-0.3, -0.25) is 10.1 Å². The van der Waals surface area contributed by atoms with Crippen LogP contribution in [-0.2, 0) is 5.54 Å². The van der Waals surface area contributed by atoms with Crippen molar-refractivity contribution < 1.29 is 4.92 Å². The van der Waals surface area contributed by atoms with Gasteiger partial charge in [0, 0.05) is 23.4 Å². The van der Waals surface area contributed by atoms with E-state index in [9.17, 15) is 10.1 Å². The number of non-ortho nitro benzene ring substituents is 1. The normalized spacial score (nSPS) is 11.6. The first-order valence-corrected chi connectivity index (χ1v) is 7.02. The van der Waals surface area contributed by atoms with Gasteiger partial charge in [-0.1, -0.05) is 26.0 Å². The van der Waals surface area contributed by atoms with Crippen LogP contribution in [0.2, 0.25) is 0 Å². The number of aromatic nitrogens is 2. The van der Waals surface area contributed by atoms with Crippen LogP contribution >= 0.6 is 0 Å². The van der Waals surface area contributed by atoms with Gasteiger partial charge in [-0.2, -0.15) is 0 Å². The fourth-order valence-corrected chi connectivity index (χ4v) is 2.33. The maximum atomic E-state index is 10.9. The lowest BCUT2D eigenvalue weighted by molar-refractivity contribution is -0.384. The Morgan fingerprint density at radius 2 is 2.05 bits per heavy atom. The van der Waals surface area contributed by atoms with Crippen molar-refractivity contribution >= 4 is 5.69 Å². The minimum atomic E-state index is -0.496. The van der Waals surface area contributed by atoms with E-state index in [-0.39, 0.29) is 5.69 Å². The number of nitrogens with one attached hydrogen (secondary N) is 1. The topological polar surface area (TPSA) is 97.8 Å². The average Bonchev–Trinajstić information content (AvgIpc) is 2.89. The number of benzene rings is 1. The summed E-state index contributed by atoms with van der Waals surface area (Å²) in [5.74, 6) is 0.728. The van der Waals surface area contributed by atoms with E-state index in [1.165, 1.54) is 12.1 Å². The SMILES string of the molecule is CCC(N)(CC)c1nc(-c2cccc([N+](=O)[O-])c2)c(C)[nH]1. The lowest BCUT2D eigenvalue weighted by Gasteiger charge is -2.23. The number of imidazole rings is 1. The molecule has 0 bridgehead atoms. The number of nitrogens with two attached hydrogens (primary N) is 1. The second-order valence-corrected chi connectivity index (χ2v) is 5.23.